The van der Waals surface area contributed by atoms with Gasteiger partial charge in [-0.3, -0.25) is 0 Å². The van der Waals surface area contributed by atoms with Gasteiger partial charge >= 0.3 is 0 Å². The van der Waals surface area contributed by atoms with E-state index in [1.165, 1.54) is 6.42 Å². The number of thiazole rings is 1. The second-order valence-corrected chi connectivity index (χ2v) is 6.57. The maximum Gasteiger partial charge on any atom is 0.109 e. The third-order valence-electron chi connectivity index (χ3n) is 3.19. The molecule has 0 radical (unpaired) electrons. The quantitative estimate of drug-likeness (QED) is 0.825. The lowest BCUT2D eigenvalue weighted by molar-refractivity contribution is 0.0152. The van der Waals surface area contributed by atoms with Gasteiger partial charge in [0.15, 0.2) is 0 Å². The lowest BCUT2D eigenvalue weighted by atomic mass is 10.1. The summed E-state index contributed by atoms with van der Waals surface area (Å²) < 4.78 is 6.93. The van der Waals surface area contributed by atoms with Crippen LogP contribution in [0.5, 0.6) is 0 Å². The summed E-state index contributed by atoms with van der Waals surface area (Å²) in [6, 6.07) is 5.82. The van der Waals surface area contributed by atoms with Crippen LogP contribution in [0.2, 0.25) is 5.02 Å². The molecule has 18 heavy (non-hydrogen) atoms. The van der Waals surface area contributed by atoms with Gasteiger partial charge in [0.25, 0.3) is 0 Å². The topological polar surface area (TPSA) is 22.1 Å². The zero-order chi connectivity index (χ0) is 12.5. The van der Waals surface area contributed by atoms with Crippen molar-refractivity contribution in [2.24, 2.45) is 0 Å². The molecule has 3 rings (SSSR count). The Hall–Kier alpha value is -0.290. The van der Waals surface area contributed by atoms with E-state index in [0.29, 0.717) is 0 Å². The fourth-order valence-electron chi connectivity index (χ4n) is 2.22. The van der Waals surface area contributed by atoms with Crippen molar-refractivity contribution in [3.63, 3.8) is 0 Å². The fraction of sp³-hybridized carbons (Fsp3) is 0.462. The van der Waals surface area contributed by atoms with E-state index in [4.69, 9.17) is 16.3 Å². The Morgan fingerprint density at radius 1 is 1.44 bits per heavy atom. The predicted octanol–water partition coefficient (Wildman–Crippen LogP) is 4.49. The molecule has 1 fully saturated rings. The molecule has 0 spiro atoms. The van der Waals surface area contributed by atoms with Gasteiger partial charge in [0.1, 0.15) is 5.01 Å². The average Bonchev–Trinajstić information content (AvgIpc) is 2.81. The van der Waals surface area contributed by atoms with E-state index in [-0.39, 0.29) is 11.4 Å². The number of hydrogen-bond acceptors (Lipinski definition) is 4. The van der Waals surface area contributed by atoms with Crippen LogP contribution < -0.4 is 0 Å². The van der Waals surface area contributed by atoms with Gasteiger partial charge in [-0.1, -0.05) is 11.6 Å². The number of halogens is 1. The number of aromatic nitrogens is 1. The molecule has 1 aliphatic heterocycles. The van der Waals surface area contributed by atoms with Gasteiger partial charge in [0, 0.05) is 11.6 Å². The van der Waals surface area contributed by atoms with E-state index < -0.39 is 0 Å². The van der Waals surface area contributed by atoms with E-state index in [0.717, 1.165) is 39.7 Å². The molecule has 2 atom stereocenters. The molecule has 0 bridgehead atoms. The monoisotopic (exact) mass is 299 g/mol. The summed E-state index contributed by atoms with van der Waals surface area (Å²) in [6.45, 7) is 0.846. The van der Waals surface area contributed by atoms with Crippen molar-refractivity contribution in [2.75, 3.05) is 6.61 Å². The SMILES string of the molecule is SC(c1nc2cc(Cl)ccc2s1)C1CCCCO1. The molecule has 2 unspecified atom stereocenters. The average molecular weight is 300 g/mol. The van der Waals surface area contributed by atoms with Gasteiger partial charge < -0.3 is 4.74 Å². The minimum Gasteiger partial charge on any atom is -0.377 e. The van der Waals surface area contributed by atoms with Crippen LogP contribution in [0.15, 0.2) is 18.2 Å². The molecule has 1 saturated heterocycles. The van der Waals surface area contributed by atoms with Gasteiger partial charge in [-0.15, -0.1) is 11.3 Å². The van der Waals surface area contributed by atoms with Gasteiger partial charge in [-0.25, -0.2) is 4.98 Å². The van der Waals surface area contributed by atoms with E-state index in [9.17, 15) is 0 Å². The van der Waals surface area contributed by atoms with E-state index in [1.807, 2.05) is 18.2 Å². The van der Waals surface area contributed by atoms with Crippen molar-refractivity contribution in [3.8, 4) is 0 Å². The number of rotatable bonds is 2. The highest BCUT2D eigenvalue weighted by Gasteiger charge is 2.25. The molecule has 1 aliphatic rings. The highest BCUT2D eigenvalue weighted by molar-refractivity contribution is 7.80. The summed E-state index contributed by atoms with van der Waals surface area (Å²) in [5.41, 5.74) is 0.956. The van der Waals surface area contributed by atoms with Gasteiger partial charge in [-0.2, -0.15) is 12.6 Å². The molecular weight excluding hydrogens is 286 g/mol. The summed E-state index contributed by atoms with van der Waals surface area (Å²) in [6.07, 6.45) is 3.65. The molecule has 2 heterocycles. The zero-order valence-corrected chi connectivity index (χ0v) is 12.3. The summed E-state index contributed by atoms with van der Waals surface area (Å²) in [4.78, 5) is 4.63. The van der Waals surface area contributed by atoms with Crippen LogP contribution in [0, 0.1) is 0 Å². The first-order valence-corrected chi connectivity index (χ1v) is 7.81. The Balaban J connectivity index is 1.88. The lowest BCUT2D eigenvalue weighted by Gasteiger charge is -2.26. The third-order valence-corrected chi connectivity index (χ3v) is 5.29. The molecule has 1 aromatic carbocycles. The molecule has 2 aromatic rings. The molecule has 0 saturated carbocycles. The first kappa shape index (κ1) is 12.7. The number of ether oxygens (including phenoxy) is 1. The Bertz CT molecular complexity index is 551. The molecule has 96 valence electrons. The normalized spacial score (nSPS) is 22.2. The maximum absolute atomic E-state index is 5.98. The van der Waals surface area contributed by atoms with E-state index in [2.05, 4.69) is 17.6 Å². The molecule has 0 aliphatic carbocycles. The first-order chi connectivity index (χ1) is 8.74. The lowest BCUT2D eigenvalue weighted by Crippen LogP contribution is -2.23. The molecular formula is C13H14ClNOS2. The van der Waals surface area contributed by atoms with Crippen LogP contribution in [-0.2, 0) is 4.74 Å². The number of benzene rings is 1. The summed E-state index contributed by atoms with van der Waals surface area (Å²) in [5, 5.41) is 1.83. The molecule has 2 nitrogen and oxygen atoms in total. The molecule has 1 aromatic heterocycles. The smallest absolute Gasteiger partial charge is 0.109 e. The largest absolute Gasteiger partial charge is 0.377 e. The summed E-state index contributed by atoms with van der Waals surface area (Å²) in [7, 11) is 0. The van der Waals surface area contributed by atoms with Crippen LogP contribution in [0.1, 0.15) is 29.5 Å². The number of thiol groups is 1. The predicted molar refractivity (Wildman–Crippen MR) is 79.9 cm³/mol. The first-order valence-electron chi connectivity index (χ1n) is 6.10. The van der Waals surface area contributed by atoms with Gasteiger partial charge in [0.2, 0.25) is 0 Å². The minimum atomic E-state index is 0.0708. The van der Waals surface area contributed by atoms with Crippen molar-refractivity contribution in [1.82, 2.24) is 4.98 Å². The second-order valence-electron chi connectivity index (χ2n) is 4.51. The molecule has 0 N–H and O–H groups in total. The van der Waals surface area contributed by atoms with Gasteiger partial charge in [-0.05, 0) is 37.5 Å². The summed E-state index contributed by atoms with van der Waals surface area (Å²) in [5.74, 6) is 0. The Morgan fingerprint density at radius 3 is 3.11 bits per heavy atom. The Kier molecular flexibility index (Phi) is 3.80. The van der Waals surface area contributed by atoms with Gasteiger partial charge in [0.05, 0.1) is 21.6 Å². The van der Waals surface area contributed by atoms with Crippen LogP contribution in [0.25, 0.3) is 10.2 Å². The van der Waals surface area contributed by atoms with Crippen molar-refractivity contribution in [2.45, 2.75) is 30.6 Å². The van der Waals surface area contributed by atoms with E-state index >= 15 is 0 Å². The standard InChI is InChI=1S/C13H14ClNOS2/c14-8-4-5-11-9(7-8)15-13(18-11)12(17)10-3-1-2-6-16-10/h4-5,7,10,12,17H,1-3,6H2. The van der Waals surface area contributed by atoms with Crippen LogP contribution in [0.3, 0.4) is 0 Å². The summed E-state index contributed by atoms with van der Waals surface area (Å²) >= 11 is 12.3. The zero-order valence-electron chi connectivity index (χ0n) is 9.80. The maximum atomic E-state index is 5.98. The van der Waals surface area contributed by atoms with Crippen molar-refractivity contribution < 1.29 is 4.74 Å². The van der Waals surface area contributed by atoms with Crippen molar-refractivity contribution in [1.29, 1.82) is 0 Å². The highest BCUT2D eigenvalue weighted by Crippen LogP contribution is 2.36. The third kappa shape index (κ3) is 2.52. The Labute approximate surface area is 121 Å². The van der Waals surface area contributed by atoms with Crippen LogP contribution >= 0.6 is 35.6 Å². The fourth-order valence-corrected chi connectivity index (χ4v) is 3.82. The number of fused-ring (bicyclic) bond motifs is 1. The van der Waals surface area contributed by atoms with E-state index in [1.54, 1.807) is 11.3 Å². The number of hydrogen-bond donors (Lipinski definition) is 1. The van der Waals surface area contributed by atoms with Crippen molar-refractivity contribution >= 4 is 45.8 Å². The second kappa shape index (κ2) is 5.37. The van der Waals surface area contributed by atoms with Crippen LogP contribution in [0.4, 0.5) is 0 Å². The van der Waals surface area contributed by atoms with Crippen LogP contribution in [-0.4, -0.2) is 17.7 Å². The molecule has 0 amide bonds. The minimum absolute atomic E-state index is 0.0708. The molecule has 5 heteroatoms. The van der Waals surface area contributed by atoms with Crippen molar-refractivity contribution in [3.05, 3.63) is 28.2 Å². The number of nitrogens with zero attached hydrogens (tertiary/aromatic N) is 1. The Morgan fingerprint density at radius 2 is 2.33 bits per heavy atom. The highest BCUT2D eigenvalue weighted by atomic mass is 35.5.